The van der Waals surface area contributed by atoms with Crippen LogP contribution in [0.3, 0.4) is 0 Å². The number of nitrogens with zero attached hydrogens (tertiary/aromatic N) is 1. The minimum Gasteiger partial charge on any atom is -0.465 e. The molecule has 0 aliphatic rings. The molecule has 4 N–H and O–H groups in total. The third-order valence-corrected chi connectivity index (χ3v) is 5.67. The lowest BCUT2D eigenvalue weighted by Crippen LogP contribution is -2.44. The van der Waals surface area contributed by atoms with Crippen molar-refractivity contribution in [2.75, 3.05) is 5.32 Å². The Morgan fingerprint density at radius 2 is 1.42 bits per heavy atom. The fourth-order valence-corrected chi connectivity index (χ4v) is 3.65. The number of anilines is 1. The first-order valence-corrected chi connectivity index (χ1v) is 11.6. The maximum absolute atomic E-state index is 12.9. The highest BCUT2D eigenvalue weighted by Gasteiger charge is 2.30. The molecule has 3 amide bonds. The maximum atomic E-state index is 12.9. The van der Waals surface area contributed by atoms with Crippen molar-refractivity contribution in [1.29, 1.82) is 0 Å². The van der Waals surface area contributed by atoms with Crippen molar-refractivity contribution < 1.29 is 24.6 Å². The highest BCUT2D eigenvalue weighted by Crippen LogP contribution is 2.21. The van der Waals surface area contributed by atoms with Crippen molar-refractivity contribution in [2.24, 2.45) is 0 Å². The van der Waals surface area contributed by atoms with Gasteiger partial charge in [0.2, 0.25) is 0 Å². The molecule has 0 aromatic heterocycles. The summed E-state index contributed by atoms with van der Waals surface area (Å²) in [5, 5.41) is 25.8. The van der Waals surface area contributed by atoms with Gasteiger partial charge in [0.1, 0.15) is 0 Å². The lowest BCUT2D eigenvalue weighted by molar-refractivity contribution is -0.125. The van der Waals surface area contributed by atoms with E-state index in [4.69, 9.17) is 0 Å². The highest BCUT2D eigenvalue weighted by atomic mass is 16.4. The summed E-state index contributed by atoms with van der Waals surface area (Å²) in [6.07, 6.45) is -2.59. The van der Waals surface area contributed by atoms with E-state index in [0.717, 1.165) is 5.56 Å². The summed E-state index contributed by atoms with van der Waals surface area (Å²) in [7, 11) is 0. The number of hydrogen-bond acceptors (Lipinski definition) is 4. The van der Waals surface area contributed by atoms with Crippen LogP contribution in [0.15, 0.2) is 84.9 Å². The molecule has 3 aromatic carbocycles. The van der Waals surface area contributed by atoms with Crippen LogP contribution in [0.4, 0.5) is 10.5 Å². The number of carbonyl (C=O) groups excluding carboxylic acids is 2. The lowest BCUT2D eigenvalue weighted by Gasteiger charge is -2.33. The summed E-state index contributed by atoms with van der Waals surface area (Å²) in [5.41, 5.74) is 1.60. The van der Waals surface area contributed by atoms with Crippen LogP contribution in [0, 0.1) is 0 Å². The van der Waals surface area contributed by atoms with Crippen LogP contribution in [0.2, 0.25) is 0 Å². The zero-order valence-electron chi connectivity index (χ0n) is 20.5. The van der Waals surface area contributed by atoms with Gasteiger partial charge in [-0.05, 0) is 56.2 Å². The number of aliphatic hydroxyl groups is 1. The Morgan fingerprint density at radius 1 is 0.861 bits per heavy atom. The predicted molar refractivity (Wildman–Crippen MR) is 137 cm³/mol. The smallest absolute Gasteiger partial charge is 0.408 e. The molecule has 0 saturated carbocycles. The van der Waals surface area contributed by atoms with Crippen LogP contribution in [0.5, 0.6) is 0 Å². The maximum Gasteiger partial charge on any atom is 0.408 e. The van der Waals surface area contributed by atoms with Crippen molar-refractivity contribution >= 4 is 23.6 Å². The number of hydrogen-bond donors (Lipinski definition) is 4. The summed E-state index contributed by atoms with van der Waals surface area (Å²) in [6, 6.07) is 23.1. The van der Waals surface area contributed by atoms with Gasteiger partial charge in [0.25, 0.3) is 11.8 Å². The molecule has 0 saturated heterocycles. The van der Waals surface area contributed by atoms with Gasteiger partial charge in [0.15, 0.2) is 6.10 Å². The number of benzene rings is 3. The molecule has 2 unspecified atom stereocenters. The van der Waals surface area contributed by atoms with Crippen molar-refractivity contribution in [2.45, 2.75) is 45.0 Å². The van der Waals surface area contributed by atoms with E-state index in [2.05, 4.69) is 10.6 Å². The standard InChI is InChI=1S/C28H31N3O5/c1-28(2,3)31(27(35)36)18-19-14-16-22(17-15-19)29-26(34)24(32)23(20-10-6-4-7-11-20)30-25(33)21-12-8-5-9-13-21/h4-17,23-24,32H,18H2,1-3H3,(H,29,34)(H,30,33)(H,35,36). The van der Waals surface area contributed by atoms with Crippen LogP contribution in [0.25, 0.3) is 0 Å². The van der Waals surface area contributed by atoms with E-state index in [1.807, 2.05) is 20.8 Å². The molecule has 0 fully saturated rings. The summed E-state index contributed by atoms with van der Waals surface area (Å²) >= 11 is 0. The van der Waals surface area contributed by atoms with Gasteiger partial charge >= 0.3 is 6.09 Å². The SMILES string of the molecule is CC(C)(C)N(Cc1ccc(NC(=O)C(O)C(NC(=O)c2ccccc2)c2ccccc2)cc1)C(=O)O. The Morgan fingerprint density at radius 3 is 1.94 bits per heavy atom. The molecular weight excluding hydrogens is 458 g/mol. The van der Waals surface area contributed by atoms with E-state index >= 15 is 0 Å². The Labute approximate surface area is 210 Å². The van der Waals surface area contributed by atoms with E-state index in [1.165, 1.54) is 4.90 Å². The molecule has 188 valence electrons. The van der Waals surface area contributed by atoms with Gasteiger partial charge in [-0.15, -0.1) is 0 Å². The first-order chi connectivity index (χ1) is 17.1. The van der Waals surface area contributed by atoms with Gasteiger partial charge in [-0.2, -0.15) is 0 Å². The number of aliphatic hydroxyl groups excluding tert-OH is 1. The minimum absolute atomic E-state index is 0.192. The van der Waals surface area contributed by atoms with Gasteiger partial charge in [0.05, 0.1) is 6.04 Å². The van der Waals surface area contributed by atoms with Gasteiger partial charge in [-0.3, -0.25) is 14.5 Å². The van der Waals surface area contributed by atoms with E-state index in [1.54, 1.807) is 84.9 Å². The van der Waals surface area contributed by atoms with Crippen LogP contribution >= 0.6 is 0 Å². The Hall–Kier alpha value is -4.17. The second-order valence-corrected chi connectivity index (χ2v) is 9.40. The van der Waals surface area contributed by atoms with E-state index < -0.39 is 35.6 Å². The van der Waals surface area contributed by atoms with E-state index in [0.29, 0.717) is 16.8 Å². The molecule has 0 bridgehead atoms. The Bertz CT molecular complexity index is 1180. The van der Waals surface area contributed by atoms with Crippen molar-refractivity contribution in [1.82, 2.24) is 10.2 Å². The predicted octanol–water partition coefficient (Wildman–Crippen LogP) is 4.44. The van der Waals surface area contributed by atoms with Crippen LogP contribution < -0.4 is 10.6 Å². The van der Waals surface area contributed by atoms with Crippen LogP contribution in [-0.4, -0.2) is 44.7 Å². The summed E-state index contributed by atoms with van der Waals surface area (Å²) in [5.74, 6) is -1.10. The van der Waals surface area contributed by atoms with Gasteiger partial charge in [-0.25, -0.2) is 4.79 Å². The summed E-state index contributed by atoms with van der Waals surface area (Å²) in [6.45, 7) is 5.64. The zero-order chi connectivity index (χ0) is 26.3. The fraction of sp³-hybridized carbons (Fsp3) is 0.250. The first-order valence-electron chi connectivity index (χ1n) is 11.6. The third-order valence-electron chi connectivity index (χ3n) is 5.67. The quantitative estimate of drug-likeness (QED) is 0.373. The number of carbonyl (C=O) groups is 3. The van der Waals surface area contributed by atoms with Gasteiger partial charge < -0.3 is 20.8 Å². The molecule has 2 atom stereocenters. The van der Waals surface area contributed by atoms with Crippen molar-refractivity contribution in [3.63, 3.8) is 0 Å². The molecule has 3 aromatic rings. The number of amides is 3. The first kappa shape index (κ1) is 26.4. The lowest BCUT2D eigenvalue weighted by atomic mass is 10.00. The van der Waals surface area contributed by atoms with Gasteiger partial charge in [-0.1, -0.05) is 60.7 Å². The summed E-state index contributed by atoms with van der Waals surface area (Å²) < 4.78 is 0. The van der Waals surface area contributed by atoms with Crippen LogP contribution in [-0.2, 0) is 11.3 Å². The largest absolute Gasteiger partial charge is 0.465 e. The Kier molecular flexibility index (Phi) is 8.45. The molecule has 0 heterocycles. The number of rotatable bonds is 8. The normalized spacial score (nSPS) is 12.8. The molecule has 8 nitrogen and oxygen atoms in total. The molecule has 3 rings (SSSR count). The van der Waals surface area contributed by atoms with Crippen molar-refractivity contribution in [3.05, 3.63) is 102 Å². The third kappa shape index (κ3) is 6.93. The second kappa shape index (κ2) is 11.5. The molecule has 36 heavy (non-hydrogen) atoms. The average molecular weight is 490 g/mol. The summed E-state index contributed by atoms with van der Waals surface area (Å²) in [4.78, 5) is 38.6. The molecule has 0 aliphatic carbocycles. The molecule has 0 radical (unpaired) electrons. The Balaban J connectivity index is 1.73. The highest BCUT2D eigenvalue weighted by molar-refractivity contribution is 5.97. The molecule has 0 aliphatic heterocycles. The zero-order valence-corrected chi connectivity index (χ0v) is 20.5. The van der Waals surface area contributed by atoms with Gasteiger partial charge in [0, 0.05) is 23.3 Å². The number of carboxylic acid groups (broad SMARTS) is 1. The molecule has 0 spiro atoms. The molecule has 8 heteroatoms. The fourth-order valence-electron chi connectivity index (χ4n) is 3.65. The van der Waals surface area contributed by atoms with Crippen LogP contribution in [0.1, 0.15) is 48.3 Å². The average Bonchev–Trinajstić information content (AvgIpc) is 2.86. The minimum atomic E-state index is -1.57. The second-order valence-electron chi connectivity index (χ2n) is 9.40. The monoisotopic (exact) mass is 489 g/mol. The number of nitrogens with one attached hydrogen (secondary N) is 2. The van der Waals surface area contributed by atoms with Crippen molar-refractivity contribution in [3.8, 4) is 0 Å². The van der Waals surface area contributed by atoms with E-state index in [9.17, 15) is 24.6 Å². The van der Waals surface area contributed by atoms with E-state index in [-0.39, 0.29) is 6.54 Å². The topological polar surface area (TPSA) is 119 Å². The molecular formula is C28H31N3O5.